The number of halogens is 2. The second-order valence-electron chi connectivity index (χ2n) is 10.3. The van der Waals surface area contributed by atoms with E-state index < -0.39 is 11.9 Å². The zero-order chi connectivity index (χ0) is 32.6. The first kappa shape index (κ1) is 32.2. The smallest absolute Gasteiger partial charge is 0.319 e. The summed E-state index contributed by atoms with van der Waals surface area (Å²) in [6.07, 6.45) is 3.32. The van der Waals surface area contributed by atoms with Gasteiger partial charge in [-0.15, -0.1) is 0 Å². The highest BCUT2D eigenvalue weighted by Gasteiger charge is 2.20. The van der Waals surface area contributed by atoms with Crippen LogP contribution in [0.3, 0.4) is 0 Å². The molecule has 234 valence electrons. The van der Waals surface area contributed by atoms with Gasteiger partial charge < -0.3 is 25.6 Å². The van der Waals surface area contributed by atoms with Crippen molar-refractivity contribution in [3.8, 4) is 5.75 Å². The number of nitrogens with one attached hydrogen (secondary N) is 3. The van der Waals surface area contributed by atoms with Crippen LogP contribution in [0.1, 0.15) is 27.2 Å². The fourth-order valence-corrected chi connectivity index (χ4v) is 5.18. The van der Waals surface area contributed by atoms with Crippen molar-refractivity contribution < 1.29 is 19.1 Å². The average Bonchev–Trinajstić information content (AvgIpc) is 3.06. The van der Waals surface area contributed by atoms with Crippen LogP contribution in [0, 0.1) is 6.92 Å². The number of benzene rings is 3. The highest BCUT2D eigenvalue weighted by molar-refractivity contribution is 6.38. The van der Waals surface area contributed by atoms with Crippen molar-refractivity contribution in [1.82, 2.24) is 20.6 Å². The zero-order valence-corrected chi connectivity index (χ0v) is 26.5. The number of amides is 4. The van der Waals surface area contributed by atoms with Gasteiger partial charge in [-0.05, 0) is 61.0 Å². The second kappa shape index (κ2) is 14.7. The molecule has 0 unspecified atom stereocenters. The van der Waals surface area contributed by atoms with Gasteiger partial charge >= 0.3 is 6.03 Å². The fraction of sp³-hybridized carbons (Fsp3) is 0.147. The number of aryl methyl sites for hydroxylation is 1. The molecule has 3 aromatic carbocycles. The first-order valence-corrected chi connectivity index (χ1v) is 15.0. The Morgan fingerprint density at radius 1 is 0.935 bits per heavy atom. The van der Waals surface area contributed by atoms with Crippen molar-refractivity contribution in [2.24, 2.45) is 0 Å². The van der Waals surface area contributed by atoms with E-state index in [1.807, 2.05) is 43.3 Å². The number of aromatic nitrogens is 2. The quantitative estimate of drug-likeness (QED) is 0.157. The summed E-state index contributed by atoms with van der Waals surface area (Å²) < 4.78 is 6.08. The number of fused-ring (bicyclic) bond motifs is 1. The second-order valence-corrected chi connectivity index (χ2v) is 11.1. The predicted molar refractivity (Wildman–Crippen MR) is 180 cm³/mol. The van der Waals surface area contributed by atoms with E-state index in [0.29, 0.717) is 39.8 Å². The molecule has 0 aliphatic heterocycles. The molecule has 10 nitrogen and oxygen atoms in total. The lowest BCUT2D eigenvalue weighted by Crippen LogP contribution is -2.40. The summed E-state index contributed by atoms with van der Waals surface area (Å²) in [6, 6.07) is 22.3. The van der Waals surface area contributed by atoms with Gasteiger partial charge in [-0.25, -0.2) is 9.78 Å². The summed E-state index contributed by atoms with van der Waals surface area (Å²) in [7, 11) is 1.55. The van der Waals surface area contributed by atoms with Crippen LogP contribution in [0.2, 0.25) is 10.0 Å². The molecule has 0 saturated heterocycles. The largest absolute Gasteiger partial charge is 0.487 e. The van der Waals surface area contributed by atoms with E-state index in [4.69, 9.17) is 27.9 Å². The van der Waals surface area contributed by atoms with Crippen LogP contribution in [0.15, 0.2) is 91.3 Å². The number of ether oxygens (including phenoxy) is 1. The average molecular weight is 658 g/mol. The van der Waals surface area contributed by atoms with Crippen LogP contribution < -0.4 is 25.6 Å². The van der Waals surface area contributed by atoms with Gasteiger partial charge in [0.25, 0.3) is 5.91 Å². The van der Waals surface area contributed by atoms with Crippen LogP contribution in [-0.2, 0) is 17.9 Å². The lowest BCUT2D eigenvalue weighted by Gasteiger charge is -2.21. The maximum atomic E-state index is 13.0. The molecule has 4 amide bonds. The molecule has 46 heavy (non-hydrogen) atoms. The number of pyridine rings is 2. The van der Waals surface area contributed by atoms with Gasteiger partial charge in [-0.2, -0.15) is 0 Å². The Kier molecular flexibility index (Phi) is 10.3. The molecule has 0 spiro atoms. The number of anilines is 2. The molecule has 0 fully saturated rings. The number of carbonyl (C=O) groups is 3. The SMILES string of the molecule is Cc1ccc2cccc(OCc3c(Cl)ccc(N(C)C(=O)CNC(=O)Nc4cccc(C(=O)NCc5cccnc5)c4)c3Cl)c2n1. The molecule has 5 aromatic rings. The molecule has 3 N–H and O–H groups in total. The molecule has 0 atom stereocenters. The molecular weight excluding hydrogens is 627 g/mol. The standard InChI is InChI=1S/C34H30Cl2N6O4/c1-21-11-12-23-7-4-10-29(32(23)40-21)46-20-26-27(35)13-14-28(31(26)36)42(2)30(43)19-39-34(45)41-25-9-3-8-24(16-25)33(44)38-18-22-6-5-15-37-17-22/h3-17H,18-20H2,1-2H3,(H,38,44)(H2,39,41,45). The fourth-order valence-electron chi connectivity index (χ4n) is 4.57. The number of hydrogen-bond donors (Lipinski definition) is 3. The summed E-state index contributed by atoms with van der Waals surface area (Å²) in [6.45, 7) is 1.95. The molecule has 0 radical (unpaired) electrons. The Bertz CT molecular complexity index is 1900. The third-order valence-electron chi connectivity index (χ3n) is 7.05. The van der Waals surface area contributed by atoms with Gasteiger partial charge in [0.2, 0.25) is 5.91 Å². The van der Waals surface area contributed by atoms with Crippen molar-refractivity contribution in [3.05, 3.63) is 124 Å². The van der Waals surface area contributed by atoms with Crippen LogP contribution in [0.25, 0.3) is 10.9 Å². The zero-order valence-electron chi connectivity index (χ0n) is 25.0. The van der Waals surface area contributed by atoms with Gasteiger partial charge in [0, 0.05) is 58.9 Å². The number of para-hydroxylation sites is 1. The van der Waals surface area contributed by atoms with Crippen LogP contribution in [0.5, 0.6) is 5.75 Å². The molecule has 5 rings (SSSR count). The number of likely N-dealkylation sites (N-methyl/N-ethyl adjacent to an activating group) is 1. The number of hydrogen-bond acceptors (Lipinski definition) is 6. The Morgan fingerprint density at radius 2 is 1.76 bits per heavy atom. The third kappa shape index (κ3) is 7.90. The van der Waals surface area contributed by atoms with Crippen molar-refractivity contribution in [3.63, 3.8) is 0 Å². The predicted octanol–water partition coefficient (Wildman–Crippen LogP) is 6.54. The summed E-state index contributed by atoms with van der Waals surface area (Å²) in [5.41, 5.74) is 4.08. The monoisotopic (exact) mass is 656 g/mol. The molecule has 12 heteroatoms. The minimum atomic E-state index is -0.620. The highest BCUT2D eigenvalue weighted by Crippen LogP contribution is 2.35. The van der Waals surface area contributed by atoms with Crippen LogP contribution in [-0.4, -0.2) is 41.4 Å². The maximum absolute atomic E-state index is 13.0. The molecular formula is C34H30Cl2N6O4. The number of rotatable bonds is 10. The van der Waals surface area contributed by atoms with E-state index in [1.165, 1.54) is 4.90 Å². The summed E-state index contributed by atoms with van der Waals surface area (Å²) >= 11 is 13.2. The Hall–Kier alpha value is -5.19. The molecule has 0 saturated carbocycles. The summed E-state index contributed by atoms with van der Waals surface area (Å²) in [4.78, 5) is 48.2. The lowest BCUT2D eigenvalue weighted by atomic mass is 10.1. The topological polar surface area (TPSA) is 126 Å². The van der Waals surface area contributed by atoms with Crippen LogP contribution in [0.4, 0.5) is 16.2 Å². The Balaban J connectivity index is 1.17. The van der Waals surface area contributed by atoms with Crippen LogP contribution >= 0.6 is 23.2 Å². The van der Waals surface area contributed by atoms with Gasteiger partial charge in [0.15, 0.2) is 0 Å². The number of carbonyl (C=O) groups excluding carboxylic acids is 3. The van der Waals surface area contributed by atoms with E-state index in [9.17, 15) is 14.4 Å². The number of nitrogens with zero attached hydrogens (tertiary/aromatic N) is 3. The molecule has 2 heterocycles. The molecule has 0 bridgehead atoms. The number of urea groups is 1. The van der Waals surface area contributed by atoms with E-state index in [1.54, 1.807) is 61.9 Å². The van der Waals surface area contributed by atoms with Gasteiger partial charge in [-0.3, -0.25) is 14.6 Å². The minimum absolute atomic E-state index is 0.0451. The lowest BCUT2D eigenvalue weighted by molar-refractivity contribution is -0.117. The first-order chi connectivity index (χ1) is 22.2. The van der Waals surface area contributed by atoms with E-state index in [-0.39, 0.29) is 24.1 Å². The van der Waals surface area contributed by atoms with Gasteiger partial charge in [0.05, 0.1) is 17.3 Å². The minimum Gasteiger partial charge on any atom is -0.487 e. The molecule has 0 aliphatic rings. The van der Waals surface area contributed by atoms with Crippen molar-refractivity contribution >= 4 is 63.3 Å². The third-order valence-corrected chi connectivity index (χ3v) is 7.83. The summed E-state index contributed by atoms with van der Waals surface area (Å²) in [5.74, 6) is -0.156. The van der Waals surface area contributed by atoms with Crippen molar-refractivity contribution in [1.29, 1.82) is 0 Å². The molecule has 2 aromatic heterocycles. The van der Waals surface area contributed by atoms with E-state index in [2.05, 4.69) is 25.9 Å². The maximum Gasteiger partial charge on any atom is 0.319 e. The Morgan fingerprint density at radius 3 is 2.57 bits per heavy atom. The molecule has 0 aliphatic carbocycles. The van der Waals surface area contributed by atoms with Crippen molar-refractivity contribution in [2.75, 3.05) is 23.8 Å². The van der Waals surface area contributed by atoms with E-state index >= 15 is 0 Å². The van der Waals surface area contributed by atoms with Gasteiger partial charge in [0.1, 0.15) is 17.9 Å². The highest BCUT2D eigenvalue weighted by atomic mass is 35.5. The normalized spacial score (nSPS) is 10.7. The van der Waals surface area contributed by atoms with Crippen molar-refractivity contribution in [2.45, 2.75) is 20.1 Å². The van der Waals surface area contributed by atoms with E-state index in [0.717, 1.165) is 22.2 Å². The van der Waals surface area contributed by atoms with Gasteiger partial charge in [-0.1, -0.05) is 53.5 Å². The first-order valence-electron chi connectivity index (χ1n) is 14.2. The Labute approximate surface area is 275 Å². The summed E-state index contributed by atoms with van der Waals surface area (Å²) in [5, 5.41) is 9.56.